The highest BCUT2D eigenvalue weighted by molar-refractivity contribution is 6.81. The van der Waals surface area contributed by atoms with Crippen LogP contribution in [0.4, 0.5) is 0 Å². The van der Waals surface area contributed by atoms with Crippen molar-refractivity contribution in [1.82, 2.24) is 0 Å². The summed E-state index contributed by atoms with van der Waals surface area (Å²) in [7, 11) is -7.08. The first-order valence-electron chi connectivity index (χ1n) is 6.47. The molecule has 0 N–H and O–H groups in total. The summed E-state index contributed by atoms with van der Waals surface area (Å²) < 4.78 is 24.2. The maximum Gasteiger partial charge on any atom is 0.316 e. The summed E-state index contributed by atoms with van der Waals surface area (Å²) in [5.41, 5.74) is 0. The van der Waals surface area contributed by atoms with Crippen molar-refractivity contribution in [3.8, 4) is 0 Å². The summed E-state index contributed by atoms with van der Waals surface area (Å²) in [6.45, 7) is 13.2. The quantitative estimate of drug-likeness (QED) is 0.730. The first-order chi connectivity index (χ1) is 7.81. The first kappa shape index (κ1) is 16.0. The molecule has 1 saturated heterocycles. The van der Waals surface area contributed by atoms with Gasteiger partial charge in [-0.2, -0.15) is 0 Å². The second kappa shape index (κ2) is 6.91. The molecule has 1 rings (SSSR count). The third-order valence-corrected chi connectivity index (χ3v) is 18.8. The Kier molecular flexibility index (Phi) is 6.49. The van der Waals surface area contributed by atoms with E-state index in [2.05, 4.69) is 39.3 Å². The Morgan fingerprint density at radius 3 is 1.82 bits per heavy atom. The predicted molar refractivity (Wildman–Crippen MR) is 83.5 cm³/mol. The van der Waals surface area contributed by atoms with Crippen LogP contribution >= 0.6 is 0 Å². The molecule has 0 bridgehead atoms. The zero-order valence-electron chi connectivity index (χ0n) is 11.9. The normalized spacial score (nSPS) is 40.1. The van der Waals surface area contributed by atoms with Gasteiger partial charge in [-0.05, 0) is 32.2 Å². The lowest BCUT2D eigenvalue weighted by Gasteiger charge is -2.37. The highest BCUT2D eigenvalue weighted by Gasteiger charge is 2.39. The van der Waals surface area contributed by atoms with Crippen molar-refractivity contribution in [3.05, 3.63) is 0 Å². The molecule has 17 heavy (non-hydrogen) atoms. The minimum atomic E-state index is -2.01. The lowest BCUT2D eigenvalue weighted by Crippen LogP contribution is -2.53. The third kappa shape index (κ3) is 6.07. The molecule has 0 amide bonds. The molecule has 0 radical (unpaired) electrons. The largest absolute Gasteiger partial charge is 0.420 e. The van der Waals surface area contributed by atoms with Crippen molar-refractivity contribution in [2.24, 2.45) is 0 Å². The molecule has 0 saturated carbocycles. The monoisotopic (exact) mass is 326 g/mol. The van der Waals surface area contributed by atoms with E-state index in [9.17, 15) is 0 Å². The highest BCUT2D eigenvalue weighted by Crippen LogP contribution is 2.22. The molecule has 0 aromatic carbocycles. The molecule has 0 spiro atoms. The van der Waals surface area contributed by atoms with Crippen LogP contribution in [0, 0.1) is 0 Å². The van der Waals surface area contributed by atoms with Crippen LogP contribution in [0.3, 0.4) is 0 Å². The minimum Gasteiger partial charge on any atom is -0.420 e. The Bertz CT molecular complexity index is 228. The second-order valence-corrected chi connectivity index (χ2v) is 18.9. The highest BCUT2D eigenvalue weighted by atomic mass is 28.5. The molecular weight excluding hydrogens is 301 g/mol. The van der Waals surface area contributed by atoms with Gasteiger partial charge in [0.1, 0.15) is 0 Å². The van der Waals surface area contributed by atoms with Gasteiger partial charge in [-0.15, -0.1) is 0 Å². The Balaban J connectivity index is 2.61. The standard InChI is InChI=1S/C8H26O4Si5/c1-13(2)7-8-17(6)11-15(4)9-14(3)10-16(5)12-17/h13-16H,7-8H2,1-6H3. The van der Waals surface area contributed by atoms with Crippen LogP contribution in [0.5, 0.6) is 0 Å². The molecule has 9 heteroatoms. The smallest absolute Gasteiger partial charge is 0.316 e. The summed E-state index contributed by atoms with van der Waals surface area (Å²) in [4.78, 5) is 0. The van der Waals surface area contributed by atoms with Crippen LogP contribution in [0.15, 0.2) is 0 Å². The fourth-order valence-corrected chi connectivity index (χ4v) is 20.3. The van der Waals surface area contributed by atoms with Crippen molar-refractivity contribution in [3.63, 3.8) is 0 Å². The second-order valence-electron chi connectivity index (χ2n) is 5.28. The number of hydrogen-bond donors (Lipinski definition) is 0. The minimum absolute atomic E-state index is 0.532. The number of hydrogen-bond acceptors (Lipinski definition) is 4. The van der Waals surface area contributed by atoms with Crippen molar-refractivity contribution >= 4 is 45.2 Å². The summed E-state index contributed by atoms with van der Waals surface area (Å²) in [6, 6.07) is 2.42. The van der Waals surface area contributed by atoms with E-state index in [0.717, 1.165) is 6.04 Å². The van der Waals surface area contributed by atoms with Gasteiger partial charge >= 0.3 is 8.56 Å². The third-order valence-electron chi connectivity index (χ3n) is 2.77. The number of rotatable bonds is 3. The summed E-state index contributed by atoms with van der Waals surface area (Å²) in [5, 5.41) is 0. The van der Waals surface area contributed by atoms with Crippen molar-refractivity contribution in [2.75, 3.05) is 0 Å². The Hall–Kier alpha value is 0.924. The van der Waals surface area contributed by atoms with Crippen molar-refractivity contribution in [1.29, 1.82) is 0 Å². The zero-order valence-corrected chi connectivity index (χ0v) is 17.5. The van der Waals surface area contributed by atoms with E-state index in [-0.39, 0.29) is 0 Å². The van der Waals surface area contributed by atoms with E-state index in [1.54, 1.807) is 0 Å². The predicted octanol–water partition coefficient (Wildman–Crippen LogP) is 1.18. The fraction of sp³-hybridized carbons (Fsp3) is 1.00. The Labute approximate surface area is 113 Å². The van der Waals surface area contributed by atoms with Gasteiger partial charge in [0, 0.05) is 8.80 Å². The molecule has 0 aliphatic carbocycles. The van der Waals surface area contributed by atoms with E-state index in [1.165, 1.54) is 6.04 Å². The van der Waals surface area contributed by atoms with Gasteiger partial charge in [0.15, 0.2) is 0 Å². The zero-order chi connectivity index (χ0) is 13.1. The average molecular weight is 327 g/mol. The maximum atomic E-state index is 6.22. The van der Waals surface area contributed by atoms with Gasteiger partial charge < -0.3 is 16.5 Å². The molecule has 2 atom stereocenters. The van der Waals surface area contributed by atoms with Gasteiger partial charge in [-0.1, -0.05) is 19.1 Å². The van der Waals surface area contributed by atoms with E-state index < -0.39 is 45.2 Å². The van der Waals surface area contributed by atoms with Gasteiger partial charge in [0.25, 0.3) is 27.9 Å². The Morgan fingerprint density at radius 2 is 1.41 bits per heavy atom. The lowest BCUT2D eigenvalue weighted by molar-refractivity contribution is 0.275. The van der Waals surface area contributed by atoms with E-state index in [1.807, 2.05) is 0 Å². The van der Waals surface area contributed by atoms with Crippen LogP contribution in [0.1, 0.15) is 0 Å². The Morgan fingerprint density at radius 1 is 0.941 bits per heavy atom. The van der Waals surface area contributed by atoms with Crippen LogP contribution in [0.2, 0.25) is 51.4 Å². The molecule has 1 heterocycles. The molecule has 102 valence electrons. The summed E-state index contributed by atoms with van der Waals surface area (Å²) in [6.07, 6.45) is 0. The van der Waals surface area contributed by atoms with E-state index in [4.69, 9.17) is 16.5 Å². The van der Waals surface area contributed by atoms with E-state index >= 15 is 0 Å². The summed E-state index contributed by atoms with van der Waals surface area (Å²) in [5.74, 6) is 0. The molecule has 1 aliphatic heterocycles. The van der Waals surface area contributed by atoms with Gasteiger partial charge in [-0.25, -0.2) is 0 Å². The van der Waals surface area contributed by atoms with Crippen LogP contribution in [0.25, 0.3) is 0 Å². The van der Waals surface area contributed by atoms with Crippen molar-refractivity contribution < 1.29 is 16.5 Å². The summed E-state index contributed by atoms with van der Waals surface area (Å²) >= 11 is 0. The molecule has 4 nitrogen and oxygen atoms in total. The molecule has 1 aliphatic rings. The molecule has 0 aromatic heterocycles. The molecule has 1 fully saturated rings. The SMILES string of the molecule is C[SiH](C)CC[Si]1(C)O[SiH](C)O[SiH](C)O[SiH](C)O1. The molecule has 0 aromatic rings. The molecule has 2 unspecified atom stereocenters. The van der Waals surface area contributed by atoms with Crippen LogP contribution < -0.4 is 0 Å². The first-order valence-corrected chi connectivity index (χ1v) is 18.4. The van der Waals surface area contributed by atoms with Gasteiger partial charge in [-0.3, -0.25) is 0 Å². The van der Waals surface area contributed by atoms with E-state index in [0.29, 0.717) is 0 Å². The maximum absolute atomic E-state index is 6.22. The topological polar surface area (TPSA) is 36.9 Å². The van der Waals surface area contributed by atoms with Crippen LogP contribution in [-0.4, -0.2) is 45.2 Å². The van der Waals surface area contributed by atoms with Gasteiger partial charge in [0.05, 0.1) is 0 Å². The van der Waals surface area contributed by atoms with Crippen LogP contribution in [-0.2, 0) is 16.5 Å². The molecular formula is C8H26O4Si5. The van der Waals surface area contributed by atoms with Gasteiger partial charge in [0.2, 0.25) is 0 Å². The van der Waals surface area contributed by atoms with Crippen molar-refractivity contribution in [2.45, 2.75) is 51.4 Å². The fourth-order valence-electron chi connectivity index (χ4n) is 2.03. The average Bonchev–Trinajstić information content (AvgIpc) is 2.11. The lowest BCUT2D eigenvalue weighted by atomic mass is 10.9.